The summed E-state index contributed by atoms with van der Waals surface area (Å²) in [6.07, 6.45) is -0.117. The Morgan fingerprint density at radius 3 is 2.42 bits per heavy atom. The van der Waals surface area contributed by atoms with E-state index in [1.54, 1.807) is 6.07 Å². The summed E-state index contributed by atoms with van der Waals surface area (Å²) in [5.41, 5.74) is 1.10. The van der Waals surface area contributed by atoms with Gasteiger partial charge in [-0.1, -0.05) is 24.3 Å². The number of nitrogens with one attached hydrogen (secondary N) is 1. The molecule has 4 nitrogen and oxygen atoms in total. The van der Waals surface area contributed by atoms with E-state index in [1.807, 2.05) is 0 Å². The number of esters is 1. The molecule has 0 heterocycles. The molecule has 1 amide bonds. The summed E-state index contributed by atoms with van der Waals surface area (Å²) in [6, 6.07) is 10.5. The van der Waals surface area contributed by atoms with E-state index in [-0.39, 0.29) is 18.7 Å². The lowest BCUT2D eigenvalue weighted by Crippen LogP contribution is -2.31. The summed E-state index contributed by atoms with van der Waals surface area (Å²) in [6.45, 7) is 0. The lowest BCUT2D eigenvalue weighted by molar-refractivity contribution is -0.141. The molecule has 0 saturated heterocycles. The van der Waals surface area contributed by atoms with Gasteiger partial charge in [0.05, 0.1) is 26.0 Å². The number of hydrogen-bond acceptors (Lipinski definition) is 3. The van der Waals surface area contributed by atoms with Crippen molar-refractivity contribution in [2.75, 3.05) is 7.11 Å². The van der Waals surface area contributed by atoms with Crippen LogP contribution >= 0.6 is 0 Å². The summed E-state index contributed by atoms with van der Waals surface area (Å²) in [5.74, 6) is -1.72. The van der Waals surface area contributed by atoms with Crippen molar-refractivity contribution in [2.45, 2.75) is 18.9 Å². The molecule has 2 rings (SSSR count). The maximum Gasteiger partial charge on any atom is 0.307 e. The fraction of sp³-hybridized carbons (Fsp3) is 0.222. The standard InChI is InChI=1S/C18H17F2NO3/c1-24-18(23)11-16(13-5-7-14(19)8-6-13)21-17(22)10-12-3-2-4-15(20)9-12/h2-9,16H,10-11H2,1H3,(H,21,22)/t16-/m1/s1. The second-order valence-electron chi connectivity index (χ2n) is 5.26. The van der Waals surface area contributed by atoms with Crippen molar-refractivity contribution in [1.29, 1.82) is 0 Å². The van der Waals surface area contributed by atoms with Gasteiger partial charge in [0.1, 0.15) is 11.6 Å². The number of halogens is 2. The highest BCUT2D eigenvalue weighted by atomic mass is 19.1. The van der Waals surface area contributed by atoms with Gasteiger partial charge in [-0.15, -0.1) is 0 Å². The van der Waals surface area contributed by atoms with Gasteiger partial charge in [0.15, 0.2) is 0 Å². The minimum Gasteiger partial charge on any atom is -0.469 e. The van der Waals surface area contributed by atoms with Crippen LogP contribution in [0.1, 0.15) is 23.6 Å². The summed E-state index contributed by atoms with van der Waals surface area (Å²) in [5, 5.41) is 2.70. The minimum absolute atomic E-state index is 0.0311. The normalized spacial score (nSPS) is 11.6. The van der Waals surface area contributed by atoms with Gasteiger partial charge in [-0.3, -0.25) is 9.59 Å². The quantitative estimate of drug-likeness (QED) is 0.827. The molecule has 2 aromatic carbocycles. The van der Waals surface area contributed by atoms with Gasteiger partial charge in [0.2, 0.25) is 5.91 Å². The first kappa shape index (κ1) is 17.6. The molecule has 126 valence electrons. The number of ether oxygens (including phenoxy) is 1. The number of benzene rings is 2. The Morgan fingerprint density at radius 2 is 1.79 bits per heavy atom. The second-order valence-corrected chi connectivity index (χ2v) is 5.26. The Labute approximate surface area is 138 Å². The van der Waals surface area contributed by atoms with Gasteiger partial charge >= 0.3 is 5.97 Å². The molecule has 0 fully saturated rings. The van der Waals surface area contributed by atoms with E-state index in [0.29, 0.717) is 11.1 Å². The smallest absolute Gasteiger partial charge is 0.307 e. The molecule has 2 aromatic rings. The molecule has 0 aliphatic rings. The predicted octanol–water partition coefficient (Wildman–Crippen LogP) is 2.93. The van der Waals surface area contributed by atoms with Crippen molar-refractivity contribution < 1.29 is 23.1 Å². The number of hydrogen-bond donors (Lipinski definition) is 1. The van der Waals surface area contributed by atoms with Gasteiger partial charge in [0, 0.05) is 0 Å². The number of carbonyl (C=O) groups excluding carboxylic acids is 2. The molecule has 0 bridgehead atoms. The molecule has 0 aliphatic heterocycles. The van der Waals surface area contributed by atoms with Crippen molar-refractivity contribution in [3.8, 4) is 0 Å². The zero-order valence-corrected chi connectivity index (χ0v) is 13.1. The van der Waals surface area contributed by atoms with E-state index in [2.05, 4.69) is 10.1 Å². The van der Waals surface area contributed by atoms with Crippen LogP contribution in [0, 0.1) is 11.6 Å². The van der Waals surface area contributed by atoms with Crippen LogP contribution in [0.2, 0.25) is 0 Å². The van der Waals surface area contributed by atoms with Gasteiger partial charge < -0.3 is 10.1 Å². The van der Waals surface area contributed by atoms with E-state index in [0.717, 1.165) is 0 Å². The molecule has 0 aromatic heterocycles. The maximum atomic E-state index is 13.2. The van der Waals surface area contributed by atoms with Crippen LogP contribution < -0.4 is 5.32 Å². The topological polar surface area (TPSA) is 55.4 Å². The minimum atomic E-state index is -0.654. The Balaban J connectivity index is 2.10. The van der Waals surface area contributed by atoms with Crippen LogP contribution in [0.15, 0.2) is 48.5 Å². The van der Waals surface area contributed by atoms with Gasteiger partial charge in [-0.05, 0) is 35.4 Å². The second kappa shape index (κ2) is 8.19. The van der Waals surface area contributed by atoms with Crippen LogP contribution in [0.25, 0.3) is 0 Å². The molecular weight excluding hydrogens is 316 g/mol. The average Bonchev–Trinajstić information content (AvgIpc) is 2.54. The third kappa shape index (κ3) is 5.15. The highest BCUT2D eigenvalue weighted by molar-refractivity contribution is 5.80. The highest BCUT2D eigenvalue weighted by Gasteiger charge is 2.19. The highest BCUT2D eigenvalue weighted by Crippen LogP contribution is 2.18. The summed E-state index contributed by atoms with van der Waals surface area (Å²) in [4.78, 5) is 23.7. The number of carbonyl (C=O) groups is 2. The van der Waals surface area contributed by atoms with Crippen LogP contribution in [0.5, 0.6) is 0 Å². The van der Waals surface area contributed by atoms with Gasteiger partial charge in [-0.25, -0.2) is 8.78 Å². The fourth-order valence-corrected chi connectivity index (χ4v) is 2.27. The first-order valence-electron chi connectivity index (χ1n) is 7.34. The molecular formula is C18H17F2NO3. The van der Waals surface area contributed by atoms with E-state index < -0.39 is 23.6 Å². The monoisotopic (exact) mass is 333 g/mol. The molecule has 0 radical (unpaired) electrons. The molecule has 0 unspecified atom stereocenters. The molecule has 0 aliphatic carbocycles. The zero-order chi connectivity index (χ0) is 17.5. The Hall–Kier alpha value is -2.76. The molecule has 0 spiro atoms. The number of rotatable bonds is 6. The first-order chi connectivity index (χ1) is 11.5. The molecule has 24 heavy (non-hydrogen) atoms. The largest absolute Gasteiger partial charge is 0.469 e. The summed E-state index contributed by atoms with van der Waals surface area (Å²) < 4.78 is 30.9. The third-order valence-corrected chi connectivity index (χ3v) is 3.46. The molecule has 6 heteroatoms. The Morgan fingerprint density at radius 1 is 1.08 bits per heavy atom. The molecule has 1 atom stereocenters. The first-order valence-corrected chi connectivity index (χ1v) is 7.34. The van der Waals surface area contributed by atoms with E-state index in [4.69, 9.17) is 0 Å². The van der Waals surface area contributed by atoms with Crippen LogP contribution in [0.3, 0.4) is 0 Å². The van der Waals surface area contributed by atoms with Crippen molar-refractivity contribution in [2.24, 2.45) is 0 Å². The van der Waals surface area contributed by atoms with E-state index in [1.165, 1.54) is 49.6 Å². The van der Waals surface area contributed by atoms with Crippen molar-refractivity contribution in [1.82, 2.24) is 5.32 Å². The van der Waals surface area contributed by atoms with Crippen molar-refractivity contribution >= 4 is 11.9 Å². The van der Waals surface area contributed by atoms with Crippen molar-refractivity contribution in [3.05, 3.63) is 71.3 Å². The lowest BCUT2D eigenvalue weighted by atomic mass is 10.0. The SMILES string of the molecule is COC(=O)C[C@@H](NC(=O)Cc1cccc(F)c1)c1ccc(F)cc1. The van der Waals surface area contributed by atoms with Crippen LogP contribution in [0.4, 0.5) is 8.78 Å². The van der Waals surface area contributed by atoms with E-state index >= 15 is 0 Å². The van der Waals surface area contributed by atoms with E-state index in [9.17, 15) is 18.4 Å². The fourth-order valence-electron chi connectivity index (χ4n) is 2.27. The van der Waals surface area contributed by atoms with Gasteiger partial charge in [-0.2, -0.15) is 0 Å². The Kier molecular flexibility index (Phi) is 6.01. The van der Waals surface area contributed by atoms with Crippen LogP contribution in [-0.2, 0) is 20.7 Å². The number of methoxy groups -OCH3 is 1. The molecule has 1 N–H and O–H groups in total. The Bertz CT molecular complexity index is 716. The molecule has 0 saturated carbocycles. The summed E-state index contributed by atoms with van der Waals surface area (Å²) in [7, 11) is 1.25. The van der Waals surface area contributed by atoms with Gasteiger partial charge in [0.25, 0.3) is 0 Å². The predicted molar refractivity (Wildman–Crippen MR) is 84.0 cm³/mol. The van der Waals surface area contributed by atoms with Crippen LogP contribution in [-0.4, -0.2) is 19.0 Å². The van der Waals surface area contributed by atoms with Crippen molar-refractivity contribution in [3.63, 3.8) is 0 Å². The number of amides is 1. The maximum absolute atomic E-state index is 13.2. The third-order valence-electron chi connectivity index (χ3n) is 3.46. The lowest BCUT2D eigenvalue weighted by Gasteiger charge is -2.18. The zero-order valence-electron chi connectivity index (χ0n) is 13.1. The summed E-state index contributed by atoms with van der Waals surface area (Å²) >= 11 is 0. The average molecular weight is 333 g/mol.